The number of alkyl halides is 3. The van der Waals surface area contributed by atoms with Gasteiger partial charge in [0.1, 0.15) is 5.75 Å². The molecule has 2 atom stereocenters. The van der Waals surface area contributed by atoms with Crippen molar-refractivity contribution in [1.29, 1.82) is 5.26 Å². The average molecular weight is 525 g/mol. The molecule has 12 heteroatoms. The van der Waals surface area contributed by atoms with Crippen LogP contribution in [0.5, 0.6) is 11.5 Å². The highest BCUT2D eigenvalue weighted by molar-refractivity contribution is 6.30. The van der Waals surface area contributed by atoms with E-state index in [0.29, 0.717) is 5.92 Å². The number of aliphatic hydroxyl groups is 1. The second-order valence-electron chi connectivity index (χ2n) is 9.07. The molecule has 1 aliphatic carbocycles. The molecule has 0 aliphatic heterocycles. The van der Waals surface area contributed by atoms with Gasteiger partial charge in [0.15, 0.2) is 5.69 Å². The molecule has 1 aromatic heterocycles. The van der Waals surface area contributed by atoms with Gasteiger partial charge in [0.2, 0.25) is 11.7 Å². The van der Waals surface area contributed by atoms with Crippen molar-refractivity contribution in [1.82, 2.24) is 14.9 Å². The van der Waals surface area contributed by atoms with Gasteiger partial charge in [0.05, 0.1) is 23.6 Å². The third kappa shape index (κ3) is 6.65. The lowest BCUT2D eigenvalue weighted by atomic mass is 9.96. The number of amides is 1. The van der Waals surface area contributed by atoms with Crippen molar-refractivity contribution in [3.63, 3.8) is 0 Å². The molecule has 2 aromatic rings. The van der Waals surface area contributed by atoms with Crippen LogP contribution < -0.4 is 15.6 Å². The molecule has 1 amide bonds. The second-order valence-corrected chi connectivity index (χ2v) is 9.50. The number of aryl methyl sites for hydroxylation is 1. The maximum absolute atomic E-state index is 13.6. The van der Waals surface area contributed by atoms with Crippen LogP contribution in [0.15, 0.2) is 41.0 Å². The Bertz CT molecular complexity index is 1290. The summed E-state index contributed by atoms with van der Waals surface area (Å²) in [5, 5.41) is 22.3. The zero-order valence-electron chi connectivity index (χ0n) is 19.7. The summed E-state index contributed by atoms with van der Waals surface area (Å²) in [6, 6.07) is 5.41. The Balaban J connectivity index is 1.90. The van der Waals surface area contributed by atoms with Crippen molar-refractivity contribution in [2.24, 2.45) is 5.92 Å². The molecule has 0 bridgehead atoms. The summed E-state index contributed by atoms with van der Waals surface area (Å²) in [5.41, 5.74) is -4.03. The average Bonchev–Trinajstić information content (AvgIpc) is 3.45. The summed E-state index contributed by atoms with van der Waals surface area (Å²) in [6.07, 6.45) is -1.95. The molecule has 8 nitrogen and oxygen atoms in total. The summed E-state index contributed by atoms with van der Waals surface area (Å²) in [6.45, 7) is 4.71. The number of hydrogen-bond acceptors (Lipinski definition) is 6. The van der Waals surface area contributed by atoms with E-state index in [-0.39, 0.29) is 40.9 Å². The molecule has 2 unspecified atom stereocenters. The van der Waals surface area contributed by atoms with Crippen molar-refractivity contribution >= 4 is 17.5 Å². The molecule has 1 saturated carbocycles. The number of hydrogen-bond donors (Lipinski definition) is 2. The number of aromatic nitrogens is 2. The number of carbonyl (C=O) groups excluding carboxylic acids is 1. The molecule has 0 saturated heterocycles. The maximum Gasteiger partial charge on any atom is 0.437 e. The molecule has 1 fully saturated rings. The van der Waals surface area contributed by atoms with Crippen molar-refractivity contribution < 1.29 is 27.8 Å². The van der Waals surface area contributed by atoms with Crippen LogP contribution in [0, 0.1) is 17.2 Å². The van der Waals surface area contributed by atoms with E-state index in [1.54, 1.807) is 6.07 Å². The lowest BCUT2D eigenvalue weighted by Gasteiger charge is -2.21. The predicted octanol–water partition coefficient (Wildman–Crippen LogP) is 4.19. The van der Waals surface area contributed by atoms with Crippen LogP contribution >= 0.6 is 11.6 Å². The van der Waals surface area contributed by atoms with E-state index in [2.05, 4.69) is 10.3 Å². The molecule has 1 aliphatic rings. The fourth-order valence-electron chi connectivity index (χ4n) is 3.47. The van der Waals surface area contributed by atoms with Gasteiger partial charge in [0, 0.05) is 23.2 Å². The van der Waals surface area contributed by atoms with Crippen LogP contribution in [0.2, 0.25) is 5.02 Å². The zero-order valence-corrected chi connectivity index (χ0v) is 20.4. The number of allylic oxidation sites excluding steroid dienone is 1. The molecular formula is C24H24ClF3N4O4. The monoisotopic (exact) mass is 524 g/mol. The SMILES string of the molecule is CC1CC1NC(=O)C(=CCCn1cnc(C(F)(F)F)c(Oc2cc(Cl)cc(C#N)c2)c1=O)C(C)(C)O. The molecule has 1 aromatic carbocycles. The van der Waals surface area contributed by atoms with Gasteiger partial charge in [-0.05, 0) is 50.8 Å². The number of benzene rings is 1. The fourth-order valence-corrected chi connectivity index (χ4v) is 3.69. The Morgan fingerprint density at radius 3 is 2.61 bits per heavy atom. The summed E-state index contributed by atoms with van der Waals surface area (Å²) in [4.78, 5) is 28.9. The Morgan fingerprint density at radius 2 is 2.06 bits per heavy atom. The van der Waals surface area contributed by atoms with Crippen LogP contribution in [0.3, 0.4) is 0 Å². The molecule has 2 N–H and O–H groups in total. The van der Waals surface area contributed by atoms with E-state index in [9.17, 15) is 27.9 Å². The van der Waals surface area contributed by atoms with Gasteiger partial charge < -0.3 is 15.2 Å². The fraction of sp³-hybridized carbons (Fsp3) is 0.417. The lowest BCUT2D eigenvalue weighted by Crippen LogP contribution is -2.37. The number of ether oxygens (including phenoxy) is 1. The van der Waals surface area contributed by atoms with Crippen LogP contribution in [-0.2, 0) is 17.5 Å². The predicted molar refractivity (Wildman–Crippen MR) is 124 cm³/mol. The highest BCUT2D eigenvalue weighted by Crippen LogP contribution is 2.35. The van der Waals surface area contributed by atoms with E-state index in [1.807, 2.05) is 6.92 Å². The van der Waals surface area contributed by atoms with Crippen LogP contribution in [0.1, 0.15) is 44.9 Å². The van der Waals surface area contributed by atoms with Crippen molar-refractivity contribution in [2.45, 2.75) is 58.0 Å². The Kier molecular flexibility index (Phi) is 7.81. The van der Waals surface area contributed by atoms with Crippen LogP contribution in [0.25, 0.3) is 0 Å². The summed E-state index contributed by atoms with van der Waals surface area (Å²) < 4.78 is 46.8. The van der Waals surface area contributed by atoms with E-state index in [4.69, 9.17) is 21.6 Å². The third-order valence-electron chi connectivity index (χ3n) is 5.53. The largest absolute Gasteiger partial charge is 0.449 e. The number of nitriles is 1. The van der Waals surface area contributed by atoms with Gasteiger partial charge >= 0.3 is 6.18 Å². The molecule has 1 heterocycles. The zero-order chi connectivity index (χ0) is 26.8. The molecule has 192 valence electrons. The number of halogens is 4. The smallest absolute Gasteiger partial charge is 0.437 e. The summed E-state index contributed by atoms with van der Waals surface area (Å²) >= 11 is 5.89. The summed E-state index contributed by atoms with van der Waals surface area (Å²) in [7, 11) is 0. The molecule has 0 spiro atoms. The molecule has 0 radical (unpaired) electrons. The number of nitrogens with zero attached hydrogens (tertiary/aromatic N) is 3. The van der Waals surface area contributed by atoms with Gasteiger partial charge in [-0.3, -0.25) is 14.2 Å². The minimum atomic E-state index is -4.99. The van der Waals surface area contributed by atoms with E-state index >= 15 is 0 Å². The standard InChI is InChI=1S/C24H24ClF3N4O4/c1-13-7-18(13)31-21(33)17(23(2,3)35)5-4-6-32-12-30-20(24(26,27)28)19(22(32)34)36-16-9-14(11-29)8-15(25)10-16/h5,8-10,12-13,18,35H,4,6-7H2,1-3H3,(H,31,33). The minimum Gasteiger partial charge on any atom is -0.449 e. The number of carbonyl (C=O) groups is 1. The van der Waals surface area contributed by atoms with Gasteiger partial charge in [-0.15, -0.1) is 0 Å². The molecule has 3 rings (SSSR count). The first-order valence-corrected chi connectivity index (χ1v) is 11.4. The van der Waals surface area contributed by atoms with Crippen LogP contribution in [0.4, 0.5) is 13.2 Å². The third-order valence-corrected chi connectivity index (χ3v) is 5.75. The Morgan fingerprint density at radius 1 is 1.39 bits per heavy atom. The van der Waals surface area contributed by atoms with Gasteiger partial charge in [0.25, 0.3) is 5.56 Å². The highest BCUT2D eigenvalue weighted by Gasteiger charge is 2.39. The van der Waals surface area contributed by atoms with Gasteiger partial charge in [-0.25, -0.2) is 4.98 Å². The lowest BCUT2D eigenvalue weighted by molar-refractivity contribution is -0.142. The minimum absolute atomic E-state index is 0.0257. The van der Waals surface area contributed by atoms with E-state index in [0.717, 1.165) is 29.4 Å². The van der Waals surface area contributed by atoms with Gasteiger partial charge in [-0.1, -0.05) is 24.6 Å². The Hall–Kier alpha value is -3.36. The molecule has 36 heavy (non-hydrogen) atoms. The highest BCUT2D eigenvalue weighted by atomic mass is 35.5. The first kappa shape index (κ1) is 27.2. The number of rotatable bonds is 8. The molecular weight excluding hydrogens is 501 g/mol. The van der Waals surface area contributed by atoms with Gasteiger partial charge in [-0.2, -0.15) is 18.4 Å². The second kappa shape index (κ2) is 10.3. The number of nitrogens with one attached hydrogen (secondary N) is 1. The van der Waals surface area contributed by atoms with E-state index < -0.39 is 34.7 Å². The van der Waals surface area contributed by atoms with Crippen LogP contribution in [-0.4, -0.2) is 32.2 Å². The topological polar surface area (TPSA) is 117 Å². The normalized spacial score (nSPS) is 17.9. The van der Waals surface area contributed by atoms with Crippen molar-refractivity contribution in [2.75, 3.05) is 0 Å². The Labute approximate surface area is 210 Å². The van der Waals surface area contributed by atoms with Crippen molar-refractivity contribution in [3.8, 4) is 17.6 Å². The maximum atomic E-state index is 13.6. The first-order valence-electron chi connectivity index (χ1n) is 11.0. The summed E-state index contributed by atoms with van der Waals surface area (Å²) in [5.74, 6) is -1.43. The van der Waals surface area contributed by atoms with E-state index in [1.165, 1.54) is 26.0 Å². The quantitative estimate of drug-likeness (QED) is 0.500. The first-order chi connectivity index (χ1) is 16.7. The van der Waals surface area contributed by atoms with Crippen molar-refractivity contribution in [3.05, 3.63) is 62.8 Å².